The number of likely N-dealkylation sites (N-methyl/N-ethyl adjacent to an activating group) is 2. The Morgan fingerprint density at radius 3 is 2.07 bits per heavy atom. The number of carbonyl (C=O) groups is 6. The van der Waals surface area contributed by atoms with Gasteiger partial charge in [-0.3, -0.25) is 28.9 Å². The molecule has 0 aliphatic carbocycles. The number of nitrogens with zero attached hydrogens (tertiary/aromatic N) is 3. The number of ether oxygens (including phenoxy) is 3. The first-order valence-electron chi connectivity index (χ1n) is 19.8. The zero-order valence-corrected chi connectivity index (χ0v) is 35.6. The standard InChI is InChI=1S/C41H68N6O9/c1-13-28(8)37(32(54-11)21-34(50)47-20-14-15-31(47)38(55-12)27(6)7)45(9)40(52)35(25(2)3)44-39(51)36(26(4)5)46(10)41(53)56-23-29-16-18-30(19-17-29)43-33(49)22-42-24-48/h16-19,24-28,31-32,35-38H,13-15,20-23H2,1-12H3,(H,42,48)(H,43,49)(H,44,51)/t28?,31?,32?,35-,36?,37?,38?/m0/s1. The van der Waals surface area contributed by atoms with E-state index in [2.05, 4.69) is 29.8 Å². The molecule has 1 aliphatic heterocycles. The SMILES string of the molecule is CCC(C)C(C(CC(=O)N1CCCC1C(OC)C(C)C)OC)N(C)C(=O)[C@@H](NC(=O)C(C(C)C)N(C)C(=O)OCc1ccc(NC(=O)CNC=O)cc1)C(C)C. The van der Waals surface area contributed by atoms with Gasteiger partial charge in [0.15, 0.2) is 0 Å². The highest BCUT2D eigenvalue weighted by molar-refractivity contribution is 5.93. The number of benzene rings is 1. The molecule has 316 valence electrons. The third-order valence-corrected chi connectivity index (χ3v) is 10.8. The number of rotatable bonds is 22. The highest BCUT2D eigenvalue weighted by atomic mass is 16.6. The van der Waals surface area contributed by atoms with Crippen LogP contribution in [0.25, 0.3) is 0 Å². The van der Waals surface area contributed by atoms with Crippen molar-refractivity contribution in [2.75, 3.05) is 46.7 Å². The van der Waals surface area contributed by atoms with Gasteiger partial charge in [-0.2, -0.15) is 0 Å². The van der Waals surface area contributed by atoms with Crippen LogP contribution < -0.4 is 16.0 Å². The second-order valence-electron chi connectivity index (χ2n) is 15.9. The van der Waals surface area contributed by atoms with E-state index in [0.717, 1.165) is 19.3 Å². The monoisotopic (exact) mass is 789 g/mol. The number of hydrogen-bond acceptors (Lipinski definition) is 9. The summed E-state index contributed by atoms with van der Waals surface area (Å²) in [6.45, 7) is 16.0. The number of anilines is 1. The van der Waals surface area contributed by atoms with E-state index >= 15 is 0 Å². The molecule has 7 atom stereocenters. The fraction of sp³-hybridized carbons (Fsp3) is 0.707. The lowest BCUT2D eigenvalue weighted by Gasteiger charge is -2.41. The third-order valence-electron chi connectivity index (χ3n) is 10.8. The molecule has 6 unspecified atom stereocenters. The summed E-state index contributed by atoms with van der Waals surface area (Å²) in [6, 6.07) is 4.27. The maximum Gasteiger partial charge on any atom is 0.410 e. The fourth-order valence-electron chi connectivity index (χ4n) is 7.62. The molecule has 0 bridgehead atoms. The topological polar surface area (TPSA) is 176 Å². The van der Waals surface area contributed by atoms with Crippen LogP contribution in [-0.4, -0.2) is 129 Å². The normalized spacial score (nSPS) is 17.4. The summed E-state index contributed by atoms with van der Waals surface area (Å²) in [7, 11) is 6.43. The Morgan fingerprint density at radius 1 is 0.911 bits per heavy atom. The van der Waals surface area contributed by atoms with Crippen LogP contribution in [0.2, 0.25) is 0 Å². The minimum Gasteiger partial charge on any atom is -0.445 e. The summed E-state index contributed by atoms with van der Waals surface area (Å²) in [5.74, 6) is -1.68. The largest absolute Gasteiger partial charge is 0.445 e. The van der Waals surface area contributed by atoms with Crippen molar-refractivity contribution in [3.05, 3.63) is 29.8 Å². The summed E-state index contributed by atoms with van der Waals surface area (Å²) in [4.78, 5) is 82.5. The van der Waals surface area contributed by atoms with E-state index in [1.807, 2.05) is 46.4 Å². The van der Waals surface area contributed by atoms with E-state index in [0.29, 0.717) is 24.2 Å². The first kappa shape index (κ1) is 47.9. The Morgan fingerprint density at radius 2 is 1.55 bits per heavy atom. The van der Waals surface area contributed by atoms with Crippen molar-refractivity contribution in [2.45, 2.75) is 124 Å². The summed E-state index contributed by atoms with van der Waals surface area (Å²) in [5, 5.41) is 7.88. The number of hydrogen-bond donors (Lipinski definition) is 3. The lowest BCUT2D eigenvalue weighted by Crippen LogP contribution is -2.60. The Labute approximate surface area is 333 Å². The van der Waals surface area contributed by atoms with Crippen molar-refractivity contribution < 1.29 is 43.0 Å². The lowest BCUT2D eigenvalue weighted by molar-refractivity contribution is -0.147. The van der Waals surface area contributed by atoms with E-state index < -0.39 is 36.2 Å². The maximum absolute atomic E-state index is 14.4. The van der Waals surface area contributed by atoms with Gasteiger partial charge in [0.2, 0.25) is 30.0 Å². The Hall–Kier alpha value is -4.24. The van der Waals surface area contributed by atoms with Gasteiger partial charge in [-0.25, -0.2) is 4.79 Å². The zero-order chi connectivity index (χ0) is 42.3. The van der Waals surface area contributed by atoms with E-state index in [1.54, 1.807) is 50.4 Å². The fourth-order valence-corrected chi connectivity index (χ4v) is 7.62. The van der Waals surface area contributed by atoms with Crippen LogP contribution in [0.4, 0.5) is 10.5 Å². The van der Waals surface area contributed by atoms with Crippen LogP contribution in [0.5, 0.6) is 0 Å². The van der Waals surface area contributed by atoms with Crippen molar-refractivity contribution in [2.24, 2.45) is 23.7 Å². The smallest absolute Gasteiger partial charge is 0.410 e. The minimum atomic E-state index is -0.954. The van der Waals surface area contributed by atoms with Crippen molar-refractivity contribution in [1.82, 2.24) is 25.3 Å². The number of amides is 6. The average molecular weight is 789 g/mol. The molecule has 3 N–H and O–H groups in total. The van der Waals surface area contributed by atoms with Gasteiger partial charge in [-0.15, -0.1) is 0 Å². The molecule has 0 spiro atoms. The Kier molecular flexibility index (Phi) is 19.8. The van der Waals surface area contributed by atoms with Gasteiger partial charge in [-0.1, -0.05) is 73.9 Å². The van der Waals surface area contributed by atoms with Gasteiger partial charge in [0.05, 0.1) is 37.3 Å². The highest BCUT2D eigenvalue weighted by Gasteiger charge is 2.42. The molecular weight excluding hydrogens is 720 g/mol. The van der Waals surface area contributed by atoms with E-state index in [4.69, 9.17) is 14.2 Å². The molecule has 2 rings (SSSR count). The van der Waals surface area contributed by atoms with Crippen molar-refractivity contribution in [3.8, 4) is 0 Å². The van der Waals surface area contributed by atoms with Gasteiger partial charge in [0, 0.05) is 40.5 Å². The molecule has 1 aliphatic rings. The first-order chi connectivity index (χ1) is 26.4. The molecule has 1 saturated heterocycles. The van der Waals surface area contributed by atoms with Gasteiger partial charge in [0.1, 0.15) is 18.7 Å². The first-order valence-corrected chi connectivity index (χ1v) is 19.8. The maximum atomic E-state index is 14.4. The molecule has 0 aromatic heterocycles. The van der Waals surface area contributed by atoms with E-state index in [9.17, 15) is 28.8 Å². The summed E-state index contributed by atoms with van der Waals surface area (Å²) < 4.78 is 17.3. The molecule has 1 heterocycles. The Balaban J connectivity index is 2.19. The summed E-state index contributed by atoms with van der Waals surface area (Å²) in [6.07, 6.45) is 1.62. The minimum absolute atomic E-state index is 0.0254. The summed E-state index contributed by atoms with van der Waals surface area (Å²) >= 11 is 0. The van der Waals surface area contributed by atoms with Crippen molar-refractivity contribution in [3.63, 3.8) is 0 Å². The zero-order valence-electron chi connectivity index (χ0n) is 35.6. The van der Waals surface area contributed by atoms with Gasteiger partial charge >= 0.3 is 6.09 Å². The molecule has 0 saturated carbocycles. The summed E-state index contributed by atoms with van der Waals surface area (Å²) in [5.41, 5.74) is 1.16. The van der Waals surface area contributed by atoms with Crippen LogP contribution in [0.1, 0.15) is 86.6 Å². The average Bonchev–Trinajstić information content (AvgIpc) is 3.64. The molecule has 1 aromatic carbocycles. The van der Waals surface area contributed by atoms with Crippen LogP contribution in [-0.2, 0) is 44.8 Å². The van der Waals surface area contributed by atoms with Gasteiger partial charge in [-0.05, 0) is 54.2 Å². The molecule has 1 aromatic rings. The Bertz CT molecular complexity index is 1440. The molecular formula is C41H68N6O9. The van der Waals surface area contributed by atoms with Gasteiger partial charge < -0.3 is 40.0 Å². The molecule has 56 heavy (non-hydrogen) atoms. The molecule has 15 nitrogen and oxygen atoms in total. The van der Waals surface area contributed by atoms with Gasteiger partial charge in [0.25, 0.3) is 0 Å². The van der Waals surface area contributed by atoms with E-state index in [1.165, 1.54) is 11.9 Å². The predicted molar refractivity (Wildman–Crippen MR) is 214 cm³/mol. The lowest BCUT2D eigenvalue weighted by atomic mass is 9.89. The highest BCUT2D eigenvalue weighted by Crippen LogP contribution is 2.29. The predicted octanol–water partition coefficient (Wildman–Crippen LogP) is 4.05. The van der Waals surface area contributed by atoms with Crippen LogP contribution in [0, 0.1) is 23.7 Å². The number of likely N-dealkylation sites (tertiary alicyclic amines) is 1. The van der Waals surface area contributed by atoms with Crippen LogP contribution in [0.3, 0.4) is 0 Å². The van der Waals surface area contributed by atoms with E-state index in [-0.39, 0.29) is 73.1 Å². The quantitative estimate of drug-likeness (QED) is 0.147. The molecule has 1 fully saturated rings. The molecule has 6 amide bonds. The third kappa shape index (κ3) is 13.2. The molecule has 0 radical (unpaired) electrons. The molecule has 15 heteroatoms. The number of methoxy groups -OCH3 is 2. The van der Waals surface area contributed by atoms with Crippen LogP contribution in [0.15, 0.2) is 24.3 Å². The van der Waals surface area contributed by atoms with Crippen LogP contribution >= 0.6 is 0 Å². The van der Waals surface area contributed by atoms with Crippen molar-refractivity contribution in [1.29, 1.82) is 0 Å². The van der Waals surface area contributed by atoms with Crippen molar-refractivity contribution >= 4 is 41.8 Å². The number of carbonyl (C=O) groups excluding carboxylic acids is 6. The second kappa shape index (κ2) is 23.1. The second-order valence-corrected chi connectivity index (χ2v) is 15.9. The number of nitrogens with one attached hydrogen (secondary N) is 3.